The summed E-state index contributed by atoms with van der Waals surface area (Å²) in [6.07, 6.45) is -0.365. The maximum atomic E-state index is 10.1. The van der Waals surface area contributed by atoms with Gasteiger partial charge < -0.3 is 14.6 Å². The Kier molecular flexibility index (Phi) is 2.97. The van der Waals surface area contributed by atoms with Crippen molar-refractivity contribution in [1.82, 2.24) is 0 Å². The zero-order chi connectivity index (χ0) is 11.5. The molecule has 4 heteroatoms. The first-order chi connectivity index (χ1) is 7.76. The molecule has 2 rings (SSSR count). The smallest absolute Gasteiger partial charge is 0.125 e. The summed E-state index contributed by atoms with van der Waals surface area (Å²) >= 11 is 0. The van der Waals surface area contributed by atoms with Gasteiger partial charge in [0.2, 0.25) is 0 Å². The first-order valence-corrected chi connectivity index (χ1v) is 5.12. The second-order valence-corrected chi connectivity index (χ2v) is 3.78. The molecule has 1 N–H and O–H groups in total. The summed E-state index contributed by atoms with van der Waals surface area (Å²) in [5.41, 5.74) is 0.700. The Labute approximate surface area is 94.0 Å². The molecule has 84 valence electrons. The second kappa shape index (κ2) is 4.42. The first kappa shape index (κ1) is 10.8. The van der Waals surface area contributed by atoms with E-state index in [2.05, 4.69) is 6.07 Å². The monoisotopic (exact) mass is 219 g/mol. The van der Waals surface area contributed by atoms with E-state index in [4.69, 9.17) is 14.7 Å². The number of methoxy groups -OCH3 is 1. The van der Waals surface area contributed by atoms with Crippen molar-refractivity contribution < 1.29 is 14.6 Å². The topological polar surface area (TPSA) is 62.5 Å². The van der Waals surface area contributed by atoms with Crippen molar-refractivity contribution in [2.24, 2.45) is 5.92 Å². The van der Waals surface area contributed by atoms with E-state index in [1.807, 2.05) is 0 Å². The predicted molar refractivity (Wildman–Crippen MR) is 57.2 cm³/mol. The number of rotatable bonds is 2. The van der Waals surface area contributed by atoms with E-state index in [1.165, 1.54) is 0 Å². The van der Waals surface area contributed by atoms with Crippen LogP contribution in [0.2, 0.25) is 0 Å². The molecule has 16 heavy (non-hydrogen) atoms. The molecule has 0 saturated heterocycles. The fourth-order valence-electron chi connectivity index (χ4n) is 1.85. The highest BCUT2D eigenvalue weighted by atomic mass is 16.5. The molecule has 0 fully saturated rings. The maximum absolute atomic E-state index is 10.1. The molecule has 0 bridgehead atoms. The van der Waals surface area contributed by atoms with E-state index < -0.39 is 6.10 Å². The van der Waals surface area contributed by atoms with Crippen molar-refractivity contribution in [3.63, 3.8) is 0 Å². The minimum absolute atomic E-state index is 0.162. The molecule has 0 radical (unpaired) electrons. The van der Waals surface area contributed by atoms with Gasteiger partial charge in [0, 0.05) is 17.9 Å². The number of ether oxygens (including phenoxy) is 2. The molecular weight excluding hydrogens is 206 g/mol. The fraction of sp³-hybridized carbons (Fsp3) is 0.417. The number of aliphatic hydroxyl groups excluding tert-OH is 1. The fourth-order valence-corrected chi connectivity index (χ4v) is 1.85. The molecule has 2 atom stereocenters. The minimum Gasteiger partial charge on any atom is -0.497 e. The van der Waals surface area contributed by atoms with Gasteiger partial charge in [0.15, 0.2) is 0 Å². The molecule has 1 aliphatic heterocycles. The second-order valence-electron chi connectivity index (χ2n) is 3.78. The zero-order valence-electron chi connectivity index (χ0n) is 9.01. The van der Waals surface area contributed by atoms with Gasteiger partial charge in [-0.1, -0.05) is 0 Å². The third-order valence-corrected chi connectivity index (χ3v) is 2.79. The van der Waals surface area contributed by atoms with Gasteiger partial charge in [-0.15, -0.1) is 0 Å². The summed E-state index contributed by atoms with van der Waals surface area (Å²) in [4.78, 5) is 0. The lowest BCUT2D eigenvalue weighted by Crippen LogP contribution is -2.25. The standard InChI is InChI=1S/C12H13NO3/c1-15-9-2-3-11-10(6-9)12(14)8(4-5-13)7-16-11/h2-3,6,8,12,14H,4,7H2,1H3/t8-,12-/m0/s1. The van der Waals surface area contributed by atoms with Gasteiger partial charge in [0.25, 0.3) is 0 Å². The lowest BCUT2D eigenvalue weighted by molar-refractivity contribution is 0.0528. The Hall–Kier alpha value is -1.73. The Balaban J connectivity index is 2.31. The number of aliphatic hydroxyl groups is 1. The van der Waals surface area contributed by atoms with Crippen molar-refractivity contribution >= 4 is 0 Å². The molecule has 0 saturated carbocycles. The summed E-state index contributed by atoms with van der Waals surface area (Å²) in [5, 5.41) is 18.7. The maximum Gasteiger partial charge on any atom is 0.125 e. The summed E-state index contributed by atoms with van der Waals surface area (Å²) in [6.45, 7) is 0.383. The van der Waals surface area contributed by atoms with Crippen LogP contribution in [0.25, 0.3) is 0 Å². The van der Waals surface area contributed by atoms with E-state index in [0.717, 1.165) is 0 Å². The number of benzene rings is 1. The average molecular weight is 219 g/mol. The van der Waals surface area contributed by atoms with Crippen molar-refractivity contribution in [2.75, 3.05) is 13.7 Å². The molecule has 0 amide bonds. The predicted octanol–water partition coefficient (Wildman–Crippen LogP) is 1.65. The summed E-state index contributed by atoms with van der Waals surface area (Å²) in [5.74, 6) is 1.19. The molecule has 1 aromatic rings. The summed E-state index contributed by atoms with van der Waals surface area (Å²) in [7, 11) is 1.57. The molecule has 0 aliphatic carbocycles. The number of nitrogens with zero attached hydrogens (tertiary/aromatic N) is 1. The van der Waals surface area contributed by atoms with Crippen LogP contribution in [0.1, 0.15) is 18.1 Å². The zero-order valence-corrected chi connectivity index (χ0v) is 9.01. The van der Waals surface area contributed by atoms with Crippen LogP contribution in [0, 0.1) is 17.2 Å². The molecule has 0 unspecified atom stereocenters. The number of fused-ring (bicyclic) bond motifs is 1. The highest BCUT2D eigenvalue weighted by Gasteiger charge is 2.29. The van der Waals surface area contributed by atoms with Crippen molar-refractivity contribution in [3.05, 3.63) is 23.8 Å². The van der Waals surface area contributed by atoms with Crippen LogP contribution in [0.15, 0.2) is 18.2 Å². The van der Waals surface area contributed by atoms with Gasteiger partial charge >= 0.3 is 0 Å². The third-order valence-electron chi connectivity index (χ3n) is 2.79. The van der Waals surface area contributed by atoms with E-state index in [1.54, 1.807) is 25.3 Å². The van der Waals surface area contributed by atoms with Crippen LogP contribution in [-0.2, 0) is 0 Å². The summed E-state index contributed by atoms with van der Waals surface area (Å²) < 4.78 is 10.6. The number of nitriles is 1. The third kappa shape index (κ3) is 1.82. The van der Waals surface area contributed by atoms with E-state index in [9.17, 15) is 5.11 Å². The van der Waals surface area contributed by atoms with Gasteiger partial charge in [-0.05, 0) is 18.2 Å². The Bertz CT molecular complexity index is 425. The lowest BCUT2D eigenvalue weighted by Gasteiger charge is -2.29. The van der Waals surface area contributed by atoms with Crippen molar-refractivity contribution in [3.8, 4) is 17.6 Å². The van der Waals surface area contributed by atoms with Crippen LogP contribution >= 0.6 is 0 Å². The molecule has 1 heterocycles. The largest absolute Gasteiger partial charge is 0.497 e. The summed E-state index contributed by atoms with van der Waals surface area (Å²) in [6, 6.07) is 7.38. The van der Waals surface area contributed by atoms with Crippen molar-refractivity contribution in [2.45, 2.75) is 12.5 Å². The van der Waals surface area contributed by atoms with Gasteiger partial charge in [0.1, 0.15) is 11.5 Å². The van der Waals surface area contributed by atoms with Crippen LogP contribution in [-0.4, -0.2) is 18.8 Å². The molecule has 0 spiro atoms. The first-order valence-electron chi connectivity index (χ1n) is 5.12. The molecule has 1 aromatic carbocycles. The van der Waals surface area contributed by atoms with Crippen LogP contribution in [0.4, 0.5) is 0 Å². The SMILES string of the molecule is COc1ccc2c(c1)[C@@H](O)[C@@H](CC#N)CO2. The molecular formula is C12H13NO3. The average Bonchev–Trinajstić information content (AvgIpc) is 2.33. The highest BCUT2D eigenvalue weighted by molar-refractivity contribution is 5.43. The van der Waals surface area contributed by atoms with Crippen molar-refractivity contribution in [1.29, 1.82) is 5.26 Å². The molecule has 4 nitrogen and oxygen atoms in total. The molecule has 1 aliphatic rings. The number of hydrogen-bond donors (Lipinski definition) is 1. The van der Waals surface area contributed by atoms with Gasteiger partial charge in [-0.3, -0.25) is 0 Å². The quantitative estimate of drug-likeness (QED) is 0.821. The van der Waals surface area contributed by atoms with Gasteiger partial charge in [0.05, 0.1) is 25.9 Å². The van der Waals surface area contributed by atoms with E-state index >= 15 is 0 Å². The Morgan fingerprint density at radius 3 is 3.12 bits per heavy atom. The highest BCUT2D eigenvalue weighted by Crippen LogP contribution is 2.38. The lowest BCUT2D eigenvalue weighted by atomic mass is 9.91. The Morgan fingerprint density at radius 1 is 1.62 bits per heavy atom. The van der Waals surface area contributed by atoms with Gasteiger partial charge in [-0.25, -0.2) is 0 Å². The minimum atomic E-state index is -0.654. The van der Waals surface area contributed by atoms with Crippen LogP contribution in [0.5, 0.6) is 11.5 Å². The van der Waals surface area contributed by atoms with E-state index in [0.29, 0.717) is 23.7 Å². The van der Waals surface area contributed by atoms with Crippen LogP contribution in [0.3, 0.4) is 0 Å². The number of hydrogen-bond acceptors (Lipinski definition) is 4. The van der Waals surface area contributed by atoms with Gasteiger partial charge in [-0.2, -0.15) is 5.26 Å². The normalized spacial score (nSPS) is 22.8. The van der Waals surface area contributed by atoms with Crippen LogP contribution < -0.4 is 9.47 Å². The Morgan fingerprint density at radius 2 is 2.44 bits per heavy atom. The van der Waals surface area contributed by atoms with E-state index in [-0.39, 0.29) is 12.3 Å². The molecule has 0 aromatic heterocycles.